The zero-order valence-corrected chi connectivity index (χ0v) is 37.9. The zero-order chi connectivity index (χ0) is 48.3. The van der Waals surface area contributed by atoms with Gasteiger partial charge in [-0.2, -0.15) is 10.5 Å². The Balaban J connectivity index is 1.16. The Labute approximate surface area is 410 Å². The highest BCUT2D eigenvalue weighted by molar-refractivity contribution is 6.12. The van der Waals surface area contributed by atoms with E-state index in [2.05, 4.69) is 121 Å². The molecule has 2 heterocycles. The van der Waals surface area contributed by atoms with E-state index in [0.29, 0.717) is 45.1 Å². The van der Waals surface area contributed by atoms with E-state index in [1.54, 1.807) is 54.6 Å². The molecule has 2 aromatic heterocycles. The van der Waals surface area contributed by atoms with E-state index in [4.69, 9.17) is 23.1 Å². The molecule has 71 heavy (non-hydrogen) atoms. The molecule has 0 radical (unpaired) electrons. The third kappa shape index (κ3) is 7.91. The molecule has 330 valence electrons. The van der Waals surface area contributed by atoms with Gasteiger partial charge in [0.2, 0.25) is 0 Å². The Morgan fingerprint density at radius 2 is 0.803 bits per heavy atom. The van der Waals surface area contributed by atoms with Crippen LogP contribution < -0.4 is 9.80 Å². The molecule has 9 nitrogen and oxygen atoms in total. The summed E-state index contributed by atoms with van der Waals surface area (Å²) in [7, 11) is 0. The number of para-hydroxylation sites is 6. The average Bonchev–Trinajstić information content (AvgIpc) is 3.76. The molecule has 11 aromatic rings. The van der Waals surface area contributed by atoms with Gasteiger partial charge in [-0.05, 0) is 103 Å². The van der Waals surface area contributed by atoms with Gasteiger partial charge in [-0.25, -0.2) is 19.7 Å². The predicted octanol–water partition coefficient (Wildman–Crippen LogP) is 16.4. The molecule has 9 heteroatoms. The molecule has 0 bridgehead atoms. The van der Waals surface area contributed by atoms with Crippen molar-refractivity contribution in [2.45, 2.75) is 0 Å². The number of fused-ring (bicyclic) bond motifs is 3. The largest absolute Gasteiger partial charge is 0.310 e. The van der Waals surface area contributed by atoms with Crippen molar-refractivity contribution >= 4 is 67.3 Å². The number of hydrogen-bond donors (Lipinski definition) is 0. The second-order valence-electron chi connectivity index (χ2n) is 16.6. The molecule has 11 rings (SSSR count). The lowest BCUT2D eigenvalue weighted by Crippen LogP contribution is -2.09. The van der Waals surface area contributed by atoms with E-state index in [1.165, 1.54) is 0 Å². The first kappa shape index (κ1) is 43.0. The van der Waals surface area contributed by atoms with Gasteiger partial charge in [0.15, 0.2) is 11.4 Å². The third-order valence-electron chi connectivity index (χ3n) is 12.5. The van der Waals surface area contributed by atoms with Crippen LogP contribution in [0.5, 0.6) is 0 Å². The lowest BCUT2D eigenvalue weighted by Gasteiger charge is -2.26. The maximum atomic E-state index is 11.1. The maximum Gasteiger partial charge on any atom is 0.198 e. The van der Waals surface area contributed by atoms with E-state index < -0.39 is 0 Å². The highest BCUT2D eigenvalue weighted by atomic mass is 15.1. The Hall–Kier alpha value is -10.6. The summed E-state index contributed by atoms with van der Waals surface area (Å²) in [6.45, 7) is 15.9. The highest BCUT2D eigenvalue weighted by Crippen LogP contribution is 2.44. The number of rotatable bonds is 10. The molecule has 0 aliphatic heterocycles. The first-order valence-corrected chi connectivity index (χ1v) is 22.8. The second-order valence-corrected chi connectivity index (χ2v) is 16.6. The zero-order valence-electron chi connectivity index (χ0n) is 37.9. The van der Waals surface area contributed by atoms with Gasteiger partial charge in [0.05, 0.1) is 58.8 Å². The summed E-state index contributed by atoms with van der Waals surface area (Å²) >= 11 is 0. The summed E-state index contributed by atoms with van der Waals surface area (Å²) in [4.78, 5) is 21.8. The van der Waals surface area contributed by atoms with Crippen LogP contribution in [-0.2, 0) is 0 Å². The Morgan fingerprint density at radius 3 is 1.24 bits per heavy atom. The monoisotopic (exact) mass is 907 g/mol. The Kier molecular flexibility index (Phi) is 11.3. The quantitative estimate of drug-likeness (QED) is 0.127. The molecule has 0 saturated carbocycles. The number of benzene rings is 9. The smallest absolute Gasteiger partial charge is 0.198 e. The minimum absolute atomic E-state index is 0.216. The molecule has 0 N–H and O–H groups in total. The van der Waals surface area contributed by atoms with E-state index in [-0.39, 0.29) is 17.0 Å². The minimum Gasteiger partial charge on any atom is -0.310 e. The summed E-state index contributed by atoms with van der Waals surface area (Å²) in [5.41, 5.74) is 11.5. The second kappa shape index (κ2) is 18.6. The fourth-order valence-electron chi connectivity index (χ4n) is 9.35. The lowest BCUT2D eigenvalue weighted by molar-refractivity contribution is 1.16. The maximum absolute atomic E-state index is 11.1. The number of nitrogens with zero attached hydrogens (tertiary/aromatic N) is 9. The topological polar surface area (TPSA) is 93.5 Å². The standard InChI is InChI=1S/C62H37N9/c1-65-55-29-17-15-27-51(55)57-39-58(68-62(67-57)52-28-16-18-30-56(52)66-2)61-42(40-63)35-50(36-43(61)41-64)71-59-33-31-48(69(44-19-7-3-8-20-44)45-21-9-4-10-22-45)37-53(59)54-38-49(32-34-60(54)71)70(46-23-11-5-12-24-46)47-25-13-6-14-26-47/h3-39H. The Morgan fingerprint density at radius 1 is 0.408 bits per heavy atom. The van der Waals surface area contributed by atoms with Crippen LogP contribution in [-0.4, -0.2) is 14.5 Å². The minimum atomic E-state index is 0.216. The number of nitriles is 2. The van der Waals surface area contributed by atoms with Crippen molar-refractivity contribution in [3.8, 4) is 51.7 Å². The van der Waals surface area contributed by atoms with E-state index in [0.717, 1.165) is 55.9 Å². The molecular weight excluding hydrogens is 871 g/mol. The fourth-order valence-corrected chi connectivity index (χ4v) is 9.35. The van der Waals surface area contributed by atoms with Gasteiger partial charge >= 0.3 is 0 Å². The normalized spacial score (nSPS) is 10.8. The van der Waals surface area contributed by atoms with Crippen molar-refractivity contribution in [2.75, 3.05) is 9.80 Å². The summed E-state index contributed by atoms with van der Waals surface area (Å²) < 4.78 is 2.11. The van der Waals surface area contributed by atoms with Gasteiger partial charge in [0.1, 0.15) is 5.82 Å². The fraction of sp³-hybridized carbons (Fsp3) is 0. The van der Waals surface area contributed by atoms with Crippen LogP contribution in [0.4, 0.5) is 45.5 Å². The van der Waals surface area contributed by atoms with Crippen molar-refractivity contribution in [2.24, 2.45) is 0 Å². The number of hydrogen-bond acceptors (Lipinski definition) is 6. The van der Waals surface area contributed by atoms with Crippen molar-refractivity contribution in [1.82, 2.24) is 14.5 Å². The third-order valence-corrected chi connectivity index (χ3v) is 12.5. The molecule has 9 aromatic carbocycles. The summed E-state index contributed by atoms with van der Waals surface area (Å²) in [5, 5.41) is 24.1. The summed E-state index contributed by atoms with van der Waals surface area (Å²) in [6.07, 6.45) is 0. The van der Waals surface area contributed by atoms with Crippen molar-refractivity contribution in [3.05, 3.63) is 258 Å². The Bertz CT molecular complexity index is 3660. The van der Waals surface area contributed by atoms with Crippen LogP contribution >= 0.6 is 0 Å². The van der Waals surface area contributed by atoms with Crippen LogP contribution in [0.3, 0.4) is 0 Å². The molecule has 0 fully saturated rings. The molecule has 0 aliphatic rings. The van der Waals surface area contributed by atoms with Gasteiger partial charge in [-0.15, -0.1) is 0 Å². The number of anilines is 6. The first-order valence-electron chi connectivity index (χ1n) is 22.8. The highest BCUT2D eigenvalue weighted by Gasteiger charge is 2.24. The summed E-state index contributed by atoms with van der Waals surface area (Å²) in [5.74, 6) is 0.231. The van der Waals surface area contributed by atoms with Crippen LogP contribution in [0.15, 0.2) is 224 Å². The van der Waals surface area contributed by atoms with E-state index in [9.17, 15) is 10.5 Å². The molecule has 0 amide bonds. The van der Waals surface area contributed by atoms with Gasteiger partial charge in [0.25, 0.3) is 0 Å². The van der Waals surface area contributed by atoms with Gasteiger partial charge in [-0.3, -0.25) is 0 Å². The molecule has 0 atom stereocenters. The molecule has 0 aliphatic carbocycles. The van der Waals surface area contributed by atoms with Gasteiger partial charge < -0.3 is 14.4 Å². The summed E-state index contributed by atoms with van der Waals surface area (Å²) in [6, 6.07) is 78.3. The van der Waals surface area contributed by atoms with Gasteiger partial charge in [-0.1, -0.05) is 121 Å². The molecule has 0 saturated heterocycles. The van der Waals surface area contributed by atoms with Crippen LogP contribution in [0.25, 0.3) is 71.1 Å². The van der Waals surface area contributed by atoms with Crippen LogP contribution in [0.1, 0.15) is 11.1 Å². The predicted molar refractivity (Wildman–Crippen MR) is 284 cm³/mol. The lowest BCUT2D eigenvalue weighted by atomic mass is 9.96. The van der Waals surface area contributed by atoms with Gasteiger partial charge in [0, 0.05) is 67.3 Å². The first-order chi connectivity index (χ1) is 35.0. The van der Waals surface area contributed by atoms with Crippen LogP contribution in [0.2, 0.25) is 0 Å². The van der Waals surface area contributed by atoms with Crippen LogP contribution in [0, 0.1) is 35.8 Å². The average molecular weight is 908 g/mol. The molecular formula is C62H37N9. The SMILES string of the molecule is [C-]#[N+]c1ccccc1-c1cc(-c2c(C#N)cc(-n3c4ccc(N(c5ccccc5)c5ccccc5)cc4c4cc(N(c5ccccc5)c5ccccc5)ccc43)cc2C#N)nc(-c2ccccc2[N+]#[C-])n1. The van der Waals surface area contributed by atoms with Crippen molar-refractivity contribution < 1.29 is 0 Å². The molecule has 0 spiro atoms. The van der Waals surface area contributed by atoms with E-state index >= 15 is 0 Å². The van der Waals surface area contributed by atoms with Crippen molar-refractivity contribution in [1.29, 1.82) is 10.5 Å². The number of aromatic nitrogens is 3. The van der Waals surface area contributed by atoms with E-state index in [1.807, 2.05) is 84.9 Å². The van der Waals surface area contributed by atoms with Crippen molar-refractivity contribution in [3.63, 3.8) is 0 Å². The molecule has 0 unspecified atom stereocenters.